The summed E-state index contributed by atoms with van der Waals surface area (Å²) in [5.41, 5.74) is 0.773. The minimum Gasteiger partial charge on any atom is -0.369 e. The van der Waals surface area contributed by atoms with Crippen molar-refractivity contribution in [2.45, 2.75) is 13.2 Å². The van der Waals surface area contributed by atoms with Gasteiger partial charge in [0, 0.05) is 20.3 Å². The van der Waals surface area contributed by atoms with Gasteiger partial charge in [-0.25, -0.2) is 4.79 Å². The second kappa shape index (κ2) is 2.54. The van der Waals surface area contributed by atoms with E-state index in [9.17, 15) is 9.90 Å². The molecule has 0 saturated carbocycles. The number of aliphatic hydroxyl groups is 1. The zero-order chi connectivity index (χ0) is 8.59. The molecule has 1 aliphatic heterocycles. The fraction of sp³-hybridized carbons (Fsp3) is 0.571. The number of carbonyl (C=O) groups is 1. The summed E-state index contributed by atoms with van der Waals surface area (Å²) in [5.74, 6) is 0. The molecule has 62 valence electrons. The third-order valence-electron chi connectivity index (χ3n) is 1.77. The number of carbonyl (C=O) groups excluding carboxylic acids is 1. The van der Waals surface area contributed by atoms with Crippen molar-refractivity contribution < 1.29 is 9.90 Å². The highest BCUT2D eigenvalue weighted by Crippen LogP contribution is 2.14. The van der Waals surface area contributed by atoms with Gasteiger partial charge in [-0.3, -0.25) is 4.90 Å². The van der Waals surface area contributed by atoms with Crippen molar-refractivity contribution in [3.05, 3.63) is 11.8 Å². The van der Waals surface area contributed by atoms with Gasteiger partial charge in [0.05, 0.1) is 0 Å². The summed E-state index contributed by atoms with van der Waals surface area (Å²) in [6, 6.07) is -0.192. The van der Waals surface area contributed by atoms with Gasteiger partial charge < -0.3 is 10.0 Å². The molecular weight excluding hydrogens is 144 g/mol. The van der Waals surface area contributed by atoms with Crippen LogP contribution in [0.5, 0.6) is 0 Å². The van der Waals surface area contributed by atoms with Crippen molar-refractivity contribution in [3.8, 4) is 0 Å². The van der Waals surface area contributed by atoms with Crippen LogP contribution in [0.4, 0.5) is 4.79 Å². The first kappa shape index (κ1) is 8.07. The number of aliphatic hydroxyl groups excluding tert-OH is 1. The van der Waals surface area contributed by atoms with Gasteiger partial charge in [-0.2, -0.15) is 0 Å². The molecule has 0 fully saturated rings. The van der Waals surface area contributed by atoms with E-state index in [0.717, 1.165) is 5.57 Å². The number of urea groups is 1. The molecule has 11 heavy (non-hydrogen) atoms. The Morgan fingerprint density at radius 1 is 1.55 bits per heavy atom. The van der Waals surface area contributed by atoms with E-state index in [1.54, 1.807) is 27.2 Å². The fourth-order valence-electron chi connectivity index (χ4n) is 1.09. The molecule has 4 nitrogen and oxygen atoms in total. The van der Waals surface area contributed by atoms with Crippen LogP contribution in [0.3, 0.4) is 0 Å². The van der Waals surface area contributed by atoms with E-state index < -0.39 is 6.23 Å². The maximum atomic E-state index is 11.1. The molecular formula is C7H12N2O2. The number of rotatable bonds is 0. The lowest BCUT2D eigenvalue weighted by Gasteiger charge is -2.32. The molecule has 0 radical (unpaired) electrons. The monoisotopic (exact) mass is 156 g/mol. The van der Waals surface area contributed by atoms with Crippen molar-refractivity contribution in [1.82, 2.24) is 9.80 Å². The van der Waals surface area contributed by atoms with E-state index in [1.165, 1.54) is 9.80 Å². The zero-order valence-electron chi connectivity index (χ0n) is 6.90. The number of amides is 2. The Kier molecular flexibility index (Phi) is 1.87. The van der Waals surface area contributed by atoms with Gasteiger partial charge in [0.25, 0.3) is 0 Å². The highest BCUT2D eigenvalue weighted by molar-refractivity contribution is 5.76. The van der Waals surface area contributed by atoms with E-state index in [1.807, 2.05) is 0 Å². The first-order chi connectivity index (χ1) is 5.04. The predicted octanol–water partition coefficient (Wildman–Crippen LogP) is 0.206. The summed E-state index contributed by atoms with van der Waals surface area (Å²) in [5, 5.41) is 9.34. The van der Waals surface area contributed by atoms with Crippen molar-refractivity contribution in [1.29, 1.82) is 0 Å². The lowest BCUT2D eigenvalue weighted by atomic mass is 10.2. The molecule has 1 atom stereocenters. The van der Waals surface area contributed by atoms with Gasteiger partial charge in [-0.05, 0) is 12.5 Å². The summed E-state index contributed by atoms with van der Waals surface area (Å²) in [6.45, 7) is 1.78. The van der Waals surface area contributed by atoms with Crippen LogP contribution in [-0.2, 0) is 0 Å². The molecule has 0 aromatic rings. The average Bonchev–Trinajstić information content (AvgIpc) is 1.97. The van der Waals surface area contributed by atoms with Gasteiger partial charge in [0.15, 0.2) is 6.23 Å². The van der Waals surface area contributed by atoms with Crippen LogP contribution in [0.2, 0.25) is 0 Å². The second-order valence-corrected chi connectivity index (χ2v) is 2.75. The molecule has 1 heterocycles. The van der Waals surface area contributed by atoms with E-state index in [-0.39, 0.29) is 6.03 Å². The molecule has 1 aliphatic rings. The number of nitrogens with zero attached hydrogens (tertiary/aromatic N) is 2. The van der Waals surface area contributed by atoms with Gasteiger partial charge in [-0.15, -0.1) is 0 Å². The standard InChI is InChI=1S/C7H12N2O2/c1-5-4-8(2)7(11)9(3)6(5)10/h4,6,10H,1-3H3. The highest BCUT2D eigenvalue weighted by Gasteiger charge is 2.25. The lowest BCUT2D eigenvalue weighted by Crippen LogP contribution is -2.47. The summed E-state index contributed by atoms with van der Waals surface area (Å²) in [7, 11) is 3.23. The molecule has 0 aliphatic carbocycles. The smallest absolute Gasteiger partial charge is 0.325 e. The third-order valence-corrected chi connectivity index (χ3v) is 1.77. The Labute approximate surface area is 65.7 Å². The van der Waals surface area contributed by atoms with Crippen molar-refractivity contribution in [2.75, 3.05) is 14.1 Å². The average molecular weight is 156 g/mol. The summed E-state index contributed by atoms with van der Waals surface area (Å²) in [6.07, 6.45) is 0.867. The Bertz CT molecular complexity index is 212. The zero-order valence-corrected chi connectivity index (χ0v) is 6.90. The summed E-state index contributed by atoms with van der Waals surface area (Å²) in [4.78, 5) is 13.9. The van der Waals surface area contributed by atoms with Gasteiger partial charge in [0.2, 0.25) is 0 Å². The maximum absolute atomic E-state index is 11.1. The van der Waals surface area contributed by atoms with E-state index in [0.29, 0.717) is 0 Å². The Balaban J connectivity index is 2.92. The molecule has 0 bridgehead atoms. The van der Waals surface area contributed by atoms with Crippen molar-refractivity contribution in [2.24, 2.45) is 0 Å². The minimum atomic E-state index is -0.765. The van der Waals surface area contributed by atoms with E-state index in [4.69, 9.17) is 0 Å². The van der Waals surface area contributed by atoms with E-state index in [2.05, 4.69) is 0 Å². The second-order valence-electron chi connectivity index (χ2n) is 2.75. The quantitative estimate of drug-likeness (QED) is 0.544. The minimum absolute atomic E-state index is 0.192. The molecule has 1 N–H and O–H groups in total. The number of hydrogen-bond donors (Lipinski definition) is 1. The largest absolute Gasteiger partial charge is 0.369 e. The maximum Gasteiger partial charge on any atom is 0.325 e. The van der Waals surface area contributed by atoms with Crippen molar-refractivity contribution in [3.63, 3.8) is 0 Å². The Hall–Kier alpha value is -1.03. The fourth-order valence-corrected chi connectivity index (χ4v) is 1.09. The number of likely N-dealkylation sites (N-methyl/N-ethyl adjacent to an activating group) is 1. The van der Waals surface area contributed by atoms with Crippen LogP contribution in [0.15, 0.2) is 11.8 Å². The topological polar surface area (TPSA) is 43.8 Å². The molecule has 0 saturated heterocycles. The van der Waals surface area contributed by atoms with E-state index >= 15 is 0 Å². The van der Waals surface area contributed by atoms with Gasteiger partial charge >= 0.3 is 6.03 Å². The van der Waals surface area contributed by atoms with Gasteiger partial charge in [-0.1, -0.05) is 0 Å². The first-order valence-corrected chi connectivity index (χ1v) is 3.40. The van der Waals surface area contributed by atoms with Crippen LogP contribution >= 0.6 is 0 Å². The molecule has 1 unspecified atom stereocenters. The van der Waals surface area contributed by atoms with Crippen molar-refractivity contribution >= 4 is 6.03 Å². The van der Waals surface area contributed by atoms with Crippen LogP contribution in [-0.4, -0.2) is 41.3 Å². The molecule has 4 heteroatoms. The molecule has 0 aromatic heterocycles. The van der Waals surface area contributed by atoms with Gasteiger partial charge in [0.1, 0.15) is 0 Å². The number of hydrogen-bond acceptors (Lipinski definition) is 2. The van der Waals surface area contributed by atoms with Crippen LogP contribution in [0.25, 0.3) is 0 Å². The van der Waals surface area contributed by atoms with Crippen LogP contribution < -0.4 is 0 Å². The van der Waals surface area contributed by atoms with Crippen LogP contribution in [0, 0.1) is 0 Å². The molecule has 0 aromatic carbocycles. The SMILES string of the molecule is CC1=CN(C)C(=O)N(C)C1O. The first-order valence-electron chi connectivity index (χ1n) is 3.40. The third kappa shape index (κ3) is 1.21. The summed E-state index contributed by atoms with van der Waals surface area (Å²) < 4.78 is 0. The predicted molar refractivity (Wildman–Crippen MR) is 40.7 cm³/mol. The van der Waals surface area contributed by atoms with Crippen LogP contribution in [0.1, 0.15) is 6.92 Å². The normalized spacial score (nSPS) is 25.6. The molecule has 2 amide bonds. The Morgan fingerprint density at radius 2 is 2.09 bits per heavy atom. The molecule has 1 rings (SSSR count). The highest BCUT2D eigenvalue weighted by atomic mass is 16.3. The Morgan fingerprint density at radius 3 is 2.64 bits per heavy atom. The summed E-state index contributed by atoms with van der Waals surface area (Å²) >= 11 is 0. The molecule has 0 spiro atoms. The lowest BCUT2D eigenvalue weighted by molar-refractivity contribution is 0.0556.